The first kappa shape index (κ1) is 64.6. The van der Waals surface area contributed by atoms with E-state index < -0.39 is 5.92 Å². The van der Waals surface area contributed by atoms with Crippen molar-refractivity contribution in [1.29, 1.82) is 0 Å². The van der Waals surface area contributed by atoms with Gasteiger partial charge < -0.3 is 21.0 Å². The minimum atomic E-state index is -0.516. The molecule has 0 spiro atoms. The van der Waals surface area contributed by atoms with E-state index in [2.05, 4.69) is 81.2 Å². The molecule has 25 heteroatoms. The fourth-order valence-electron chi connectivity index (χ4n) is 9.24. The van der Waals surface area contributed by atoms with E-state index in [0.717, 1.165) is 132 Å². The molecular weight excluding hydrogens is 1170 g/mol. The van der Waals surface area contributed by atoms with E-state index in [1.807, 2.05) is 12.4 Å². The number of carbonyl (C=O) groups excluding carboxylic acids is 8. The molecule has 0 amide bonds. The van der Waals surface area contributed by atoms with Crippen LogP contribution in [-0.2, 0) is 104 Å². The van der Waals surface area contributed by atoms with Gasteiger partial charge in [-0.2, -0.15) is 0 Å². The molecule has 0 aromatic carbocycles. The molecule has 7 aromatic heterocycles. The number of aldehydes is 1. The monoisotopic (exact) mass is 1240 g/mol. The van der Waals surface area contributed by atoms with Crippen molar-refractivity contribution in [3.8, 4) is 21.1 Å². The molecule has 0 radical (unpaired) electrons. The summed E-state index contributed by atoms with van der Waals surface area (Å²) < 4.78 is 3.86. The predicted molar refractivity (Wildman–Crippen MR) is 327 cm³/mol. The lowest BCUT2D eigenvalue weighted by molar-refractivity contribution is -0.126. The van der Waals surface area contributed by atoms with Gasteiger partial charge in [0.1, 0.15) is 50.3 Å². The van der Waals surface area contributed by atoms with Crippen LogP contribution < -0.4 is 11.5 Å². The summed E-state index contributed by atoms with van der Waals surface area (Å²) in [4.78, 5) is 132. The maximum atomic E-state index is 11.8. The molecule has 5 aliphatic rings. The van der Waals surface area contributed by atoms with Gasteiger partial charge in [-0.05, 0) is 96.1 Å². The van der Waals surface area contributed by atoms with Crippen LogP contribution in [0.2, 0.25) is 0 Å². The van der Waals surface area contributed by atoms with Crippen molar-refractivity contribution in [3.63, 3.8) is 0 Å². The average molecular weight is 1240 g/mol. The Labute approximate surface area is 507 Å². The molecule has 0 aliphatic heterocycles. The number of Topliss-reactive ketones (excluding diaryl/α,β-unsaturated/α-hetero) is 6. The van der Waals surface area contributed by atoms with Gasteiger partial charge in [-0.1, -0.05) is 64.2 Å². The first-order chi connectivity index (χ1) is 39.8. The van der Waals surface area contributed by atoms with Crippen molar-refractivity contribution in [2.45, 2.75) is 169 Å². The number of methoxy groups -OCH3 is 1. The van der Waals surface area contributed by atoms with Crippen LogP contribution in [0.25, 0.3) is 21.1 Å². The maximum Gasteiger partial charge on any atom is 0.292 e. The van der Waals surface area contributed by atoms with Crippen LogP contribution in [0.3, 0.4) is 0 Å². The van der Waals surface area contributed by atoms with Crippen molar-refractivity contribution in [3.05, 3.63) is 93.3 Å². The van der Waals surface area contributed by atoms with E-state index >= 15 is 0 Å². The van der Waals surface area contributed by atoms with Crippen molar-refractivity contribution < 1.29 is 43.1 Å². The molecule has 0 saturated carbocycles. The minimum Gasteiger partial charge on any atom is -0.471 e. The highest BCUT2D eigenvalue weighted by molar-refractivity contribution is 7.19. The predicted octanol–water partition coefficient (Wildman–Crippen LogP) is 9.75. The number of ether oxygens (including phenoxy) is 1. The van der Waals surface area contributed by atoms with Gasteiger partial charge in [-0.3, -0.25) is 33.6 Å². The lowest BCUT2D eigenvalue weighted by atomic mass is 9.91. The van der Waals surface area contributed by atoms with Gasteiger partial charge in [0.2, 0.25) is 0 Å². The van der Waals surface area contributed by atoms with E-state index in [1.165, 1.54) is 70.5 Å². The van der Waals surface area contributed by atoms with E-state index in [9.17, 15) is 33.6 Å². The Balaban J connectivity index is 0.000000150. The summed E-state index contributed by atoms with van der Waals surface area (Å²) in [6.45, 7) is 17.7. The summed E-state index contributed by atoms with van der Waals surface area (Å²) in [5, 5.41) is 3.51. The van der Waals surface area contributed by atoms with Gasteiger partial charge >= 0.3 is 0 Å². The zero-order chi connectivity index (χ0) is 61.2. The molecule has 1 atom stereocenters. The third-order valence-corrected chi connectivity index (χ3v) is 18.5. The second-order valence-corrected chi connectivity index (χ2v) is 27.9. The Bertz CT molecular complexity index is 3620. The Morgan fingerprint density at radius 1 is 0.524 bits per heavy atom. The summed E-state index contributed by atoms with van der Waals surface area (Å²) in [6.07, 6.45) is 15.5. The second kappa shape index (κ2) is 28.3. The fourth-order valence-corrected chi connectivity index (χ4v) is 14.5. The molecule has 20 nitrogen and oxygen atoms in total. The quantitative estimate of drug-likeness (QED) is 0.106. The average Bonchev–Trinajstić information content (AvgIpc) is 3.61. The molecule has 0 fully saturated rings. The third-order valence-electron chi connectivity index (χ3n) is 13.3. The number of ketones is 6. The molecule has 12 rings (SSSR count). The molecule has 4 N–H and O–H groups in total. The maximum absolute atomic E-state index is 11.8. The lowest BCUT2D eigenvalue weighted by Gasteiger charge is -2.20. The highest BCUT2D eigenvalue weighted by Crippen LogP contribution is 2.40. The van der Waals surface area contributed by atoms with Gasteiger partial charge in [0.15, 0.2) is 27.6 Å². The van der Waals surface area contributed by atoms with Crippen LogP contribution in [-0.4, -0.2) is 99.4 Å². The van der Waals surface area contributed by atoms with Gasteiger partial charge in [0.25, 0.3) is 6.47 Å². The van der Waals surface area contributed by atoms with E-state index in [4.69, 9.17) is 26.2 Å². The number of hydrogen-bond acceptors (Lipinski definition) is 25. The molecule has 7 aromatic rings. The number of fused-ring (bicyclic) bond motifs is 9. The number of nitrogen functional groups attached to an aromatic ring is 2. The summed E-state index contributed by atoms with van der Waals surface area (Å²) in [5.74, 6) is 1.77. The zero-order valence-corrected chi connectivity index (χ0v) is 53.0. The first-order valence-corrected chi connectivity index (χ1v) is 31.5. The first-order valence-electron chi connectivity index (χ1n) is 27.5. The second-order valence-electron chi connectivity index (χ2n) is 22.6. The van der Waals surface area contributed by atoms with Crippen LogP contribution in [0.4, 0.5) is 10.3 Å². The number of rotatable bonds is 8. The van der Waals surface area contributed by atoms with E-state index in [1.54, 1.807) is 25.2 Å². The number of thiazole rings is 5. The molecule has 444 valence electrons. The van der Waals surface area contributed by atoms with E-state index in [0.29, 0.717) is 71.4 Å². The Kier molecular flexibility index (Phi) is 21.8. The number of aryl methyl sites for hydroxylation is 7. The summed E-state index contributed by atoms with van der Waals surface area (Å²) in [6, 6.07) is 0. The van der Waals surface area contributed by atoms with Gasteiger partial charge in [-0.25, -0.2) is 44.9 Å². The lowest BCUT2D eigenvalue weighted by Crippen LogP contribution is -2.22. The van der Waals surface area contributed by atoms with Crippen molar-refractivity contribution >= 4 is 114 Å². The summed E-state index contributed by atoms with van der Waals surface area (Å²) in [5.41, 5.74) is 20.4. The SMILES string of the molecule is CC(=O)Cc1nc2c(s1)-c1nc(C(C)(C)C)ncc1CC2.CC(=O)Cc1nc2c(s1)C(=O)C(C=O)CC2.CC(=O)Cc1nc2c(s1)C(=O)CCC2.CC(C)(C)c1ncc2c(n1)-c1sc(N)nc1CC2.COC=O.Nc1nc2c(s1)C(=O)CCC2. The van der Waals surface area contributed by atoms with Crippen molar-refractivity contribution in [2.24, 2.45) is 5.92 Å². The highest BCUT2D eigenvalue weighted by atomic mass is 32.1. The zero-order valence-electron chi connectivity index (χ0n) is 48.9. The minimum absolute atomic E-state index is 0.0329. The fraction of sp³-hybridized carbons (Fsp3) is 0.475. The third kappa shape index (κ3) is 16.7. The largest absolute Gasteiger partial charge is 0.471 e. The van der Waals surface area contributed by atoms with Crippen molar-refractivity contribution in [1.82, 2.24) is 44.9 Å². The van der Waals surface area contributed by atoms with Crippen LogP contribution in [0.1, 0.15) is 190 Å². The van der Waals surface area contributed by atoms with Crippen LogP contribution in [0.5, 0.6) is 0 Å². The molecule has 1 unspecified atom stereocenters. The highest BCUT2D eigenvalue weighted by Gasteiger charge is 2.32. The Hall–Kier alpha value is -6.93. The summed E-state index contributed by atoms with van der Waals surface area (Å²) >= 11 is 7.09. The molecule has 0 bridgehead atoms. The van der Waals surface area contributed by atoms with Crippen LogP contribution >= 0.6 is 56.7 Å². The number of nitrogens with two attached hydrogens (primary N) is 2. The molecule has 5 aliphatic carbocycles. The number of hydrogen-bond donors (Lipinski definition) is 2. The van der Waals surface area contributed by atoms with Gasteiger partial charge in [0, 0.05) is 36.1 Å². The Morgan fingerprint density at radius 2 is 0.893 bits per heavy atom. The molecule has 84 heavy (non-hydrogen) atoms. The van der Waals surface area contributed by atoms with E-state index in [-0.39, 0.29) is 52.0 Å². The van der Waals surface area contributed by atoms with Crippen LogP contribution in [0, 0.1) is 5.92 Å². The topological polar surface area (TPSA) is 314 Å². The number of nitrogens with zero attached hydrogens (tertiary/aromatic N) is 9. The van der Waals surface area contributed by atoms with Gasteiger partial charge in [-0.15, -0.1) is 34.0 Å². The van der Waals surface area contributed by atoms with Crippen molar-refractivity contribution in [2.75, 3.05) is 18.6 Å². The number of anilines is 2. The van der Waals surface area contributed by atoms with Crippen LogP contribution in [0.15, 0.2) is 12.4 Å². The number of carbonyl (C=O) groups is 8. The molecule has 7 heterocycles. The standard InChI is InChI=1S/C16H19N3OS.C13H16N4S.C11H11NO3S.C10H11NO2S.C7H8N2OS.C2H4O2/c1-9(20)7-12-18-11-6-5-10-8-17-15(16(2,3)4)19-13(10)14(11)21-12;1-13(2,3)11-15-6-7-4-5-8-10(9(7)17-11)18-12(14)16-8;1-6(14)4-9-12-8-3-2-7(5-13)10(15)11(8)16-9;1-6(12)5-9-11-7-3-2-4-8(13)10(7)14-9;8-7-9-4-2-1-3-5(10)6(4)11-7;1-4-2-3/h8H,5-7H2,1-4H3;6H,4-5H2,1-3H3,(H2,14,16);5,7H,2-4H2,1H3;2-5H2,1H3;1-3H2,(H2,8,9);2H,1H3. The molecular formula is C59H69N11O9S5. The smallest absolute Gasteiger partial charge is 0.292 e. The normalized spacial score (nSPS) is 15.1. The number of aromatic nitrogens is 9. The summed E-state index contributed by atoms with van der Waals surface area (Å²) in [7, 11) is 1.31. The Morgan fingerprint density at radius 3 is 1.30 bits per heavy atom. The molecule has 0 saturated heterocycles. The van der Waals surface area contributed by atoms with Gasteiger partial charge in [0.05, 0.1) is 96.5 Å².